The van der Waals surface area contributed by atoms with Crippen molar-refractivity contribution >= 4 is 17.2 Å². The second kappa shape index (κ2) is 7.63. The Morgan fingerprint density at radius 3 is 2.78 bits per heavy atom. The van der Waals surface area contributed by atoms with Gasteiger partial charge in [0.05, 0.1) is 12.6 Å². The highest BCUT2D eigenvalue weighted by Gasteiger charge is 2.26. The van der Waals surface area contributed by atoms with Crippen LogP contribution in [0.25, 0.3) is 10.6 Å². The molecule has 6 nitrogen and oxygen atoms in total. The summed E-state index contributed by atoms with van der Waals surface area (Å²) < 4.78 is 5.30. The van der Waals surface area contributed by atoms with E-state index in [1.54, 1.807) is 0 Å². The molecule has 3 rings (SSSR count). The number of nitrogens with zero attached hydrogens (tertiary/aromatic N) is 2. The van der Waals surface area contributed by atoms with E-state index in [4.69, 9.17) is 10.5 Å². The Kier molecular flexibility index (Phi) is 5.32. The third-order valence-corrected chi connectivity index (χ3v) is 4.95. The zero-order chi connectivity index (χ0) is 16.1. The van der Waals surface area contributed by atoms with E-state index >= 15 is 0 Å². The van der Waals surface area contributed by atoms with E-state index in [0.29, 0.717) is 19.8 Å². The third-order valence-electron chi connectivity index (χ3n) is 3.98. The number of carbonyl (C=O) groups excluding carboxylic acids is 1. The van der Waals surface area contributed by atoms with Gasteiger partial charge >= 0.3 is 0 Å². The predicted molar refractivity (Wildman–Crippen MR) is 88.7 cm³/mol. The number of amides is 1. The van der Waals surface area contributed by atoms with Gasteiger partial charge in [-0.05, 0) is 18.8 Å². The van der Waals surface area contributed by atoms with Crippen LogP contribution in [0.4, 0.5) is 0 Å². The molecule has 2 aromatic rings. The Balaban J connectivity index is 1.54. The molecule has 1 atom stereocenters. The summed E-state index contributed by atoms with van der Waals surface area (Å²) in [6.45, 7) is 1.73. The Morgan fingerprint density at radius 2 is 2.04 bits per heavy atom. The van der Waals surface area contributed by atoms with Gasteiger partial charge in [-0.2, -0.15) is 0 Å². The first-order valence-corrected chi connectivity index (χ1v) is 8.54. The Hall–Kier alpha value is -1.83. The lowest BCUT2D eigenvalue weighted by atomic mass is 9.92. The molecule has 1 fully saturated rings. The highest BCUT2D eigenvalue weighted by atomic mass is 32.1. The van der Waals surface area contributed by atoms with Gasteiger partial charge in [0.2, 0.25) is 5.91 Å². The molecule has 1 amide bonds. The molecule has 0 aliphatic carbocycles. The van der Waals surface area contributed by atoms with Crippen molar-refractivity contribution < 1.29 is 9.53 Å². The second-order valence-electron chi connectivity index (χ2n) is 5.56. The molecular weight excluding hydrogens is 312 g/mol. The summed E-state index contributed by atoms with van der Waals surface area (Å²) in [5.74, 6) is 0.0615. The molecule has 7 heteroatoms. The molecular formula is C16H20N4O2S. The number of rotatable bonds is 5. The number of nitrogens with two attached hydrogens (primary N) is 1. The average Bonchev–Trinajstić information content (AvgIpc) is 3.09. The number of hydrogen-bond acceptors (Lipinski definition) is 6. The molecule has 1 unspecified atom stereocenters. The molecule has 1 aliphatic rings. The summed E-state index contributed by atoms with van der Waals surface area (Å²) in [5, 5.41) is 12.8. The Morgan fingerprint density at radius 1 is 1.30 bits per heavy atom. The van der Waals surface area contributed by atoms with Crippen molar-refractivity contribution in [2.75, 3.05) is 13.2 Å². The molecule has 3 N–H and O–H groups in total. The molecule has 2 heterocycles. The van der Waals surface area contributed by atoms with E-state index in [-0.39, 0.29) is 11.8 Å². The predicted octanol–water partition coefficient (Wildman–Crippen LogP) is 1.58. The van der Waals surface area contributed by atoms with Gasteiger partial charge in [0.15, 0.2) is 0 Å². The zero-order valence-electron chi connectivity index (χ0n) is 12.8. The lowest BCUT2D eigenvalue weighted by Gasteiger charge is -2.26. The number of ether oxygens (including phenoxy) is 1. The molecule has 1 aliphatic heterocycles. The van der Waals surface area contributed by atoms with E-state index < -0.39 is 6.04 Å². The maximum Gasteiger partial charge on any atom is 0.237 e. The molecule has 0 radical (unpaired) electrons. The fraction of sp³-hybridized carbons (Fsp3) is 0.438. The lowest BCUT2D eigenvalue weighted by Crippen LogP contribution is -2.46. The van der Waals surface area contributed by atoms with Crippen molar-refractivity contribution in [3.05, 3.63) is 35.3 Å². The van der Waals surface area contributed by atoms with Crippen LogP contribution in [-0.4, -0.2) is 35.4 Å². The number of benzene rings is 1. The quantitative estimate of drug-likeness (QED) is 0.867. The molecule has 1 saturated heterocycles. The van der Waals surface area contributed by atoms with Gasteiger partial charge in [-0.1, -0.05) is 41.7 Å². The summed E-state index contributed by atoms with van der Waals surface area (Å²) in [6, 6.07) is 9.38. The lowest BCUT2D eigenvalue weighted by molar-refractivity contribution is -0.124. The maximum atomic E-state index is 12.2. The number of carbonyl (C=O) groups is 1. The van der Waals surface area contributed by atoms with Crippen molar-refractivity contribution in [1.82, 2.24) is 15.5 Å². The van der Waals surface area contributed by atoms with Crippen molar-refractivity contribution in [3.63, 3.8) is 0 Å². The van der Waals surface area contributed by atoms with Crippen molar-refractivity contribution in [2.24, 2.45) is 11.7 Å². The van der Waals surface area contributed by atoms with Gasteiger partial charge < -0.3 is 15.8 Å². The van der Waals surface area contributed by atoms with Crippen molar-refractivity contribution in [3.8, 4) is 10.6 Å². The van der Waals surface area contributed by atoms with Crippen LogP contribution in [0.2, 0.25) is 0 Å². The first-order chi connectivity index (χ1) is 11.2. The topological polar surface area (TPSA) is 90.1 Å². The largest absolute Gasteiger partial charge is 0.381 e. The number of aromatic nitrogens is 2. The van der Waals surface area contributed by atoms with Gasteiger partial charge in [-0.25, -0.2) is 0 Å². The highest BCUT2D eigenvalue weighted by molar-refractivity contribution is 7.14. The minimum atomic E-state index is -0.486. The standard InChI is InChI=1S/C16H20N4O2S/c17-14(11-6-8-22-9-7-11)15(21)18-10-13-19-20-16(23-13)12-4-2-1-3-5-12/h1-5,11,14H,6-10,17H2,(H,18,21). The second-order valence-corrected chi connectivity index (χ2v) is 6.62. The fourth-order valence-electron chi connectivity index (χ4n) is 2.59. The molecule has 0 spiro atoms. The van der Waals surface area contributed by atoms with Crippen LogP contribution in [0, 0.1) is 5.92 Å². The first kappa shape index (κ1) is 16.0. The minimum Gasteiger partial charge on any atom is -0.381 e. The van der Waals surface area contributed by atoms with Gasteiger partial charge in [0.25, 0.3) is 0 Å². The van der Waals surface area contributed by atoms with E-state index in [9.17, 15) is 4.79 Å². The van der Waals surface area contributed by atoms with Gasteiger partial charge in [-0.3, -0.25) is 4.79 Å². The van der Waals surface area contributed by atoms with Crippen LogP contribution in [0.3, 0.4) is 0 Å². The van der Waals surface area contributed by atoms with E-state index in [1.807, 2.05) is 30.3 Å². The number of hydrogen-bond donors (Lipinski definition) is 2. The van der Waals surface area contributed by atoms with Crippen LogP contribution in [0.1, 0.15) is 17.8 Å². The van der Waals surface area contributed by atoms with E-state index in [1.165, 1.54) is 11.3 Å². The average molecular weight is 332 g/mol. The summed E-state index contributed by atoms with van der Waals surface area (Å²) in [7, 11) is 0. The van der Waals surface area contributed by atoms with E-state index in [2.05, 4.69) is 15.5 Å². The molecule has 23 heavy (non-hydrogen) atoms. The molecule has 1 aromatic heterocycles. The van der Waals surface area contributed by atoms with Crippen LogP contribution < -0.4 is 11.1 Å². The molecule has 0 bridgehead atoms. The summed E-state index contributed by atoms with van der Waals surface area (Å²) in [4.78, 5) is 12.2. The fourth-order valence-corrected chi connectivity index (χ4v) is 3.38. The Bertz CT molecular complexity index is 641. The van der Waals surface area contributed by atoms with E-state index in [0.717, 1.165) is 28.4 Å². The highest BCUT2D eigenvalue weighted by Crippen LogP contribution is 2.23. The Labute approximate surface area is 139 Å². The third kappa shape index (κ3) is 4.13. The molecule has 1 aromatic carbocycles. The van der Waals surface area contributed by atoms with Gasteiger partial charge in [0.1, 0.15) is 10.0 Å². The smallest absolute Gasteiger partial charge is 0.237 e. The van der Waals surface area contributed by atoms with Crippen LogP contribution in [-0.2, 0) is 16.1 Å². The monoisotopic (exact) mass is 332 g/mol. The normalized spacial score (nSPS) is 16.9. The maximum absolute atomic E-state index is 12.2. The summed E-state index contributed by atoms with van der Waals surface area (Å²) in [6.07, 6.45) is 1.68. The van der Waals surface area contributed by atoms with Gasteiger partial charge in [0, 0.05) is 18.8 Å². The van der Waals surface area contributed by atoms with Crippen LogP contribution in [0.5, 0.6) is 0 Å². The van der Waals surface area contributed by atoms with Crippen molar-refractivity contribution in [2.45, 2.75) is 25.4 Å². The van der Waals surface area contributed by atoms with Crippen molar-refractivity contribution in [1.29, 1.82) is 0 Å². The number of nitrogens with one attached hydrogen (secondary N) is 1. The van der Waals surface area contributed by atoms with Crippen LogP contribution in [0.15, 0.2) is 30.3 Å². The molecule has 0 saturated carbocycles. The van der Waals surface area contributed by atoms with Gasteiger partial charge in [-0.15, -0.1) is 10.2 Å². The zero-order valence-corrected chi connectivity index (χ0v) is 13.6. The summed E-state index contributed by atoms with van der Waals surface area (Å²) in [5.41, 5.74) is 7.08. The minimum absolute atomic E-state index is 0.131. The SMILES string of the molecule is NC(C(=O)NCc1nnc(-c2ccccc2)s1)C1CCOCC1. The molecule has 122 valence electrons. The van der Waals surface area contributed by atoms with Crippen LogP contribution >= 0.6 is 11.3 Å². The summed E-state index contributed by atoms with van der Waals surface area (Å²) >= 11 is 1.48. The first-order valence-electron chi connectivity index (χ1n) is 7.73.